The van der Waals surface area contributed by atoms with Crippen molar-refractivity contribution in [2.75, 3.05) is 18.0 Å². The van der Waals surface area contributed by atoms with Gasteiger partial charge in [-0.3, -0.25) is 14.5 Å². The Morgan fingerprint density at radius 2 is 1.90 bits per heavy atom. The van der Waals surface area contributed by atoms with Crippen LogP contribution in [0.25, 0.3) is 0 Å². The number of ether oxygens (including phenoxy) is 1. The number of hydrogen-bond donors (Lipinski definition) is 2. The van der Waals surface area contributed by atoms with Crippen molar-refractivity contribution in [2.24, 2.45) is 5.73 Å². The first-order valence-corrected chi connectivity index (χ1v) is 5.31. The number of aliphatic carboxylic acids is 1. The number of anilines is 1. The number of carboxylic acids is 1. The highest BCUT2D eigenvalue weighted by atomic mass is 19.4. The van der Waals surface area contributed by atoms with Crippen LogP contribution in [0.3, 0.4) is 0 Å². The molecule has 9 heteroatoms. The normalized spacial score (nSPS) is 11.0. The summed E-state index contributed by atoms with van der Waals surface area (Å²) < 4.78 is 40.6. The number of carboxylic acid groups (broad SMARTS) is 1. The highest BCUT2D eigenvalue weighted by Gasteiger charge is 2.33. The van der Waals surface area contributed by atoms with Crippen LogP contribution in [0.2, 0.25) is 0 Å². The van der Waals surface area contributed by atoms with Gasteiger partial charge >= 0.3 is 12.3 Å². The van der Waals surface area contributed by atoms with Crippen LogP contribution >= 0.6 is 0 Å². The minimum atomic E-state index is -4.96. The van der Waals surface area contributed by atoms with Crippen LogP contribution in [0, 0.1) is 0 Å². The van der Waals surface area contributed by atoms with Crippen molar-refractivity contribution in [1.82, 2.24) is 0 Å². The average Bonchev–Trinajstić information content (AvgIpc) is 2.34. The zero-order valence-corrected chi connectivity index (χ0v) is 10.1. The van der Waals surface area contributed by atoms with Gasteiger partial charge in [-0.2, -0.15) is 0 Å². The summed E-state index contributed by atoms with van der Waals surface area (Å²) in [5.41, 5.74) is 4.80. The molecule has 6 nitrogen and oxygen atoms in total. The third kappa shape index (κ3) is 4.43. The molecule has 1 aromatic rings. The van der Waals surface area contributed by atoms with Crippen molar-refractivity contribution in [1.29, 1.82) is 0 Å². The highest BCUT2D eigenvalue weighted by Crippen LogP contribution is 2.32. The van der Waals surface area contributed by atoms with Crippen molar-refractivity contribution >= 4 is 17.6 Å². The van der Waals surface area contributed by atoms with E-state index in [9.17, 15) is 22.8 Å². The molecule has 0 atom stereocenters. The van der Waals surface area contributed by atoms with Crippen LogP contribution in [0.4, 0.5) is 18.9 Å². The van der Waals surface area contributed by atoms with E-state index in [1.807, 2.05) is 0 Å². The summed E-state index contributed by atoms with van der Waals surface area (Å²) in [5.74, 6) is -2.91. The molecular weight excluding hydrogens is 281 g/mol. The molecule has 1 amide bonds. The molecular formula is C11H11F3N2O4. The van der Waals surface area contributed by atoms with E-state index in [0.29, 0.717) is 4.90 Å². The van der Waals surface area contributed by atoms with Gasteiger partial charge < -0.3 is 15.6 Å². The highest BCUT2D eigenvalue weighted by molar-refractivity contribution is 5.99. The second kappa shape index (κ2) is 6.24. The number of para-hydroxylation sites is 2. The molecule has 3 N–H and O–H groups in total. The molecule has 0 aliphatic carbocycles. The van der Waals surface area contributed by atoms with E-state index in [1.54, 1.807) is 0 Å². The second-order valence-electron chi connectivity index (χ2n) is 3.59. The van der Waals surface area contributed by atoms with Crippen LogP contribution < -0.4 is 15.4 Å². The summed E-state index contributed by atoms with van der Waals surface area (Å²) in [4.78, 5) is 22.9. The Morgan fingerprint density at radius 1 is 1.30 bits per heavy atom. The molecule has 0 spiro atoms. The second-order valence-corrected chi connectivity index (χ2v) is 3.59. The molecule has 0 aromatic heterocycles. The quantitative estimate of drug-likeness (QED) is 0.843. The van der Waals surface area contributed by atoms with Crippen molar-refractivity contribution in [2.45, 2.75) is 6.36 Å². The lowest BCUT2D eigenvalue weighted by molar-refractivity contribution is -0.274. The van der Waals surface area contributed by atoms with Crippen LogP contribution in [-0.2, 0) is 9.59 Å². The predicted octanol–water partition coefficient (Wildman–Crippen LogP) is 0.962. The third-order valence-electron chi connectivity index (χ3n) is 2.15. The zero-order chi connectivity index (χ0) is 15.3. The number of amides is 1. The fourth-order valence-corrected chi connectivity index (χ4v) is 1.44. The number of carbonyl (C=O) groups excluding carboxylic acids is 1. The molecule has 0 radical (unpaired) electrons. The van der Waals surface area contributed by atoms with E-state index in [1.165, 1.54) is 12.1 Å². The molecule has 0 aliphatic heterocycles. The zero-order valence-electron chi connectivity index (χ0n) is 10.1. The van der Waals surface area contributed by atoms with Crippen LogP contribution in [-0.4, -0.2) is 36.4 Å². The minimum absolute atomic E-state index is 0.317. The van der Waals surface area contributed by atoms with Gasteiger partial charge in [0.1, 0.15) is 6.54 Å². The van der Waals surface area contributed by atoms with Gasteiger partial charge in [0.15, 0.2) is 5.75 Å². The lowest BCUT2D eigenvalue weighted by Crippen LogP contribution is -2.40. The number of halogens is 3. The van der Waals surface area contributed by atoms with E-state index in [4.69, 9.17) is 10.8 Å². The Balaban J connectivity index is 3.19. The number of nitrogens with zero attached hydrogens (tertiary/aromatic N) is 1. The van der Waals surface area contributed by atoms with E-state index < -0.39 is 37.1 Å². The van der Waals surface area contributed by atoms with Gasteiger partial charge in [0.05, 0.1) is 12.2 Å². The van der Waals surface area contributed by atoms with Gasteiger partial charge in [-0.05, 0) is 12.1 Å². The molecule has 1 aromatic carbocycles. The maximum Gasteiger partial charge on any atom is 0.573 e. The molecule has 0 fully saturated rings. The van der Waals surface area contributed by atoms with Crippen LogP contribution in [0.5, 0.6) is 5.75 Å². The lowest BCUT2D eigenvalue weighted by Gasteiger charge is -2.23. The Hall–Kier alpha value is -2.29. The molecule has 0 aliphatic rings. The summed E-state index contributed by atoms with van der Waals surface area (Å²) >= 11 is 0. The SMILES string of the molecule is NCC(=O)N(CC(=O)O)c1ccccc1OC(F)(F)F. The number of rotatable bonds is 5. The van der Waals surface area contributed by atoms with Gasteiger partial charge in [-0.25, -0.2) is 0 Å². The molecule has 0 heterocycles. The molecule has 0 saturated carbocycles. The fourth-order valence-electron chi connectivity index (χ4n) is 1.44. The van der Waals surface area contributed by atoms with E-state index in [0.717, 1.165) is 12.1 Å². The summed E-state index contributed by atoms with van der Waals surface area (Å²) in [6, 6.07) is 4.71. The predicted molar refractivity (Wildman–Crippen MR) is 62.2 cm³/mol. The Kier molecular flexibility index (Phi) is 4.92. The first-order chi connectivity index (χ1) is 9.24. The topological polar surface area (TPSA) is 92.9 Å². The molecule has 0 saturated heterocycles. The summed E-state index contributed by atoms with van der Waals surface area (Å²) in [6.07, 6.45) is -4.96. The average molecular weight is 292 g/mol. The first-order valence-electron chi connectivity index (χ1n) is 5.31. The fraction of sp³-hybridized carbons (Fsp3) is 0.273. The van der Waals surface area contributed by atoms with Crippen molar-refractivity contribution in [3.8, 4) is 5.75 Å². The number of benzene rings is 1. The maximum absolute atomic E-state index is 12.3. The molecule has 20 heavy (non-hydrogen) atoms. The maximum atomic E-state index is 12.3. The van der Waals surface area contributed by atoms with Gasteiger partial charge in [-0.15, -0.1) is 13.2 Å². The third-order valence-corrected chi connectivity index (χ3v) is 2.15. The van der Waals surface area contributed by atoms with E-state index in [-0.39, 0.29) is 5.69 Å². The molecule has 1 rings (SSSR count). The summed E-state index contributed by atoms with van der Waals surface area (Å²) in [7, 11) is 0. The molecule has 110 valence electrons. The minimum Gasteiger partial charge on any atom is -0.480 e. The van der Waals surface area contributed by atoms with E-state index in [2.05, 4.69) is 4.74 Å². The van der Waals surface area contributed by atoms with Crippen LogP contribution in [0.15, 0.2) is 24.3 Å². The number of carbonyl (C=O) groups is 2. The smallest absolute Gasteiger partial charge is 0.480 e. The van der Waals surface area contributed by atoms with Gasteiger partial charge in [0, 0.05) is 0 Å². The monoisotopic (exact) mass is 292 g/mol. The van der Waals surface area contributed by atoms with Crippen molar-refractivity contribution in [3.05, 3.63) is 24.3 Å². The first kappa shape index (κ1) is 15.8. The molecule has 0 bridgehead atoms. The van der Waals surface area contributed by atoms with Gasteiger partial charge in [-0.1, -0.05) is 12.1 Å². The van der Waals surface area contributed by atoms with Gasteiger partial charge in [0.2, 0.25) is 5.91 Å². The largest absolute Gasteiger partial charge is 0.573 e. The Bertz CT molecular complexity index is 505. The van der Waals surface area contributed by atoms with Crippen LogP contribution in [0.1, 0.15) is 0 Å². The Labute approximate surface area is 111 Å². The van der Waals surface area contributed by atoms with E-state index >= 15 is 0 Å². The number of hydrogen-bond acceptors (Lipinski definition) is 4. The molecule has 0 unspecified atom stereocenters. The summed E-state index contributed by atoms with van der Waals surface area (Å²) in [6.45, 7) is -1.37. The standard InChI is InChI=1S/C11H11F3N2O4/c12-11(13,14)20-8-4-2-1-3-7(8)16(6-10(18)19)9(17)5-15/h1-4H,5-6,15H2,(H,18,19). The number of alkyl halides is 3. The number of nitrogens with two attached hydrogens (primary N) is 1. The Morgan fingerprint density at radius 3 is 2.40 bits per heavy atom. The van der Waals surface area contributed by atoms with Crippen molar-refractivity contribution < 1.29 is 32.6 Å². The van der Waals surface area contributed by atoms with Gasteiger partial charge in [0.25, 0.3) is 0 Å². The summed E-state index contributed by atoms with van der Waals surface area (Å²) in [5, 5.41) is 8.72. The van der Waals surface area contributed by atoms with Crippen molar-refractivity contribution in [3.63, 3.8) is 0 Å². The lowest BCUT2D eigenvalue weighted by atomic mass is 10.2.